The van der Waals surface area contributed by atoms with E-state index in [0.29, 0.717) is 42.8 Å². The lowest BCUT2D eigenvalue weighted by Crippen LogP contribution is -2.60. The van der Waals surface area contributed by atoms with E-state index in [9.17, 15) is 9.59 Å². The number of carbonyl (C=O) groups excluding carboxylic acids is 2. The minimum atomic E-state index is -1.58. The van der Waals surface area contributed by atoms with Crippen molar-refractivity contribution in [1.29, 1.82) is 0 Å². The molecule has 4 atom stereocenters. The Bertz CT molecular complexity index is 1090. The van der Waals surface area contributed by atoms with Crippen molar-refractivity contribution >= 4 is 11.9 Å². The summed E-state index contributed by atoms with van der Waals surface area (Å²) in [6.07, 6.45) is 6.34. The van der Waals surface area contributed by atoms with E-state index in [-0.39, 0.29) is 18.0 Å². The summed E-state index contributed by atoms with van der Waals surface area (Å²) < 4.78 is 25.3. The molecule has 6 rings (SSSR count). The van der Waals surface area contributed by atoms with Crippen LogP contribution in [-0.2, 0) is 34.1 Å². The summed E-state index contributed by atoms with van der Waals surface area (Å²) in [6, 6.07) is 20.0. The van der Waals surface area contributed by atoms with Gasteiger partial charge in [0.25, 0.3) is 0 Å². The van der Waals surface area contributed by atoms with Gasteiger partial charge in [0.2, 0.25) is 11.9 Å². The quantitative estimate of drug-likeness (QED) is 0.277. The Morgan fingerprint density at radius 1 is 0.897 bits per heavy atom. The minimum absolute atomic E-state index is 0.150. The Morgan fingerprint density at radius 3 is 2.03 bits per heavy atom. The summed E-state index contributed by atoms with van der Waals surface area (Å²) >= 11 is 0. The summed E-state index contributed by atoms with van der Waals surface area (Å²) in [5, 5.41) is 0. The fraction of sp³-hybridized carbons (Fsp3) is 0.562. The third-order valence-electron chi connectivity index (χ3n) is 9.57. The van der Waals surface area contributed by atoms with E-state index in [1.54, 1.807) is 6.92 Å². The average molecular weight is 535 g/mol. The Labute approximate surface area is 231 Å². The van der Waals surface area contributed by atoms with E-state index in [2.05, 4.69) is 0 Å². The normalized spacial score (nSPS) is 28.3. The van der Waals surface area contributed by atoms with Gasteiger partial charge in [0.15, 0.2) is 0 Å². The van der Waals surface area contributed by atoms with Gasteiger partial charge in [0, 0.05) is 45.1 Å². The van der Waals surface area contributed by atoms with Gasteiger partial charge in [-0.1, -0.05) is 60.7 Å². The van der Waals surface area contributed by atoms with Crippen molar-refractivity contribution < 1.29 is 33.0 Å². The van der Waals surface area contributed by atoms with Crippen molar-refractivity contribution in [1.82, 2.24) is 0 Å². The molecule has 0 radical (unpaired) electrons. The zero-order valence-corrected chi connectivity index (χ0v) is 22.8. The maximum Gasteiger partial charge on any atom is 0.348 e. The molecule has 0 N–H and O–H groups in total. The zero-order chi connectivity index (χ0) is 26.9. The number of benzene rings is 2. The molecule has 0 aliphatic carbocycles. The maximum atomic E-state index is 14.4. The van der Waals surface area contributed by atoms with E-state index in [1.807, 2.05) is 60.7 Å². The summed E-state index contributed by atoms with van der Waals surface area (Å²) in [6.45, 7) is 5.10. The van der Waals surface area contributed by atoms with Gasteiger partial charge in [0.05, 0.1) is 37.7 Å². The average Bonchev–Trinajstić information content (AvgIpc) is 3.70. The largest absolute Gasteiger partial charge is 0.459 e. The molecule has 4 aliphatic rings. The molecule has 2 aromatic rings. The molecule has 0 amide bonds. The highest BCUT2D eigenvalue weighted by Gasteiger charge is 2.57. The topological polar surface area (TPSA) is 71.1 Å². The van der Waals surface area contributed by atoms with Crippen LogP contribution in [0.1, 0.15) is 63.0 Å². The van der Waals surface area contributed by atoms with Crippen molar-refractivity contribution in [3.05, 3.63) is 71.8 Å². The second-order valence-corrected chi connectivity index (χ2v) is 11.7. The number of ether oxygens (including phenoxy) is 4. The lowest BCUT2D eigenvalue weighted by molar-refractivity contribution is -0.956. The number of piperidine rings is 1. The molecule has 2 aromatic carbocycles. The van der Waals surface area contributed by atoms with E-state index in [4.69, 9.17) is 18.9 Å². The van der Waals surface area contributed by atoms with E-state index in [1.165, 1.54) is 43.3 Å². The highest BCUT2D eigenvalue weighted by atomic mass is 16.7. The van der Waals surface area contributed by atoms with Crippen molar-refractivity contribution in [2.75, 3.05) is 26.3 Å². The number of nitrogens with zero attached hydrogens (tertiary/aromatic N) is 1. The van der Waals surface area contributed by atoms with Gasteiger partial charge < -0.3 is 23.4 Å². The zero-order valence-electron chi connectivity index (χ0n) is 22.8. The van der Waals surface area contributed by atoms with Gasteiger partial charge in [-0.15, -0.1) is 0 Å². The molecule has 0 aromatic heterocycles. The van der Waals surface area contributed by atoms with Crippen molar-refractivity contribution in [2.45, 2.75) is 81.9 Å². The number of hydrogen-bond donors (Lipinski definition) is 0. The lowest BCUT2D eigenvalue weighted by Gasteiger charge is -2.47. The SMILES string of the molecule is CC(OC(=O)[C@H]1CCOC1)OC(C(=O)OC1CC2CCC(C1)[N+]21CCCC1)(c1ccccc1)c1ccccc1. The number of rotatable bonds is 8. The first-order valence-electron chi connectivity index (χ1n) is 14.7. The number of carbonyl (C=O) groups is 2. The minimum Gasteiger partial charge on any atom is -0.459 e. The second kappa shape index (κ2) is 11.0. The summed E-state index contributed by atoms with van der Waals surface area (Å²) in [5.74, 6) is -1.14. The molecule has 3 unspecified atom stereocenters. The molecule has 39 heavy (non-hydrogen) atoms. The van der Waals surface area contributed by atoms with E-state index in [0.717, 1.165) is 12.8 Å². The van der Waals surface area contributed by atoms with Crippen LogP contribution < -0.4 is 0 Å². The van der Waals surface area contributed by atoms with Gasteiger partial charge >= 0.3 is 11.9 Å². The first-order valence-corrected chi connectivity index (χ1v) is 14.7. The third kappa shape index (κ3) is 4.90. The molecule has 208 valence electrons. The van der Waals surface area contributed by atoms with E-state index < -0.39 is 17.9 Å². The lowest BCUT2D eigenvalue weighted by atomic mass is 9.85. The molecule has 7 heteroatoms. The van der Waals surface area contributed by atoms with Gasteiger partial charge in [-0.05, 0) is 24.5 Å². The predicted octanol–water partition coefficient (Wildman–Crippen LogP) is 4.72. The maximum absolute atomic E-state index is 14.4. The first-order chi connectivity index (χ1) is 19.0. The van der Waals surface area contributed by atoms with Crippen LogP contribution in [0.25, 0.3) is 0 Å². The molecule has 4 fully saturated rings. The Hall–Kier alpha value is -2.74. The highest BCUT2D eigenvalue weighted by Crippen LogP contribution is 2.47. The fourth-order valence-electron chi connectivity index (χ4n) is 7.73. The molecule has 0 saturated carbocycles. The smallest absolute Gasteiger partial charge is 0.348 e. The van der Waals surface area contributed by atoms with Crippen LogP contribution in [-0.4, -0.2) is 67.2 Å². The Balaban J connectivity index is 1.29. The van der Waals surface area contributed by atoms with Gasteiger partial charge in [-0.2, -0.15) is 0 Å². The Morgan fingerprint density at radius 2 is 1.49 bits per heavy atom. The van der Waals surface area contributed by atoms with Gasteiger partial charge in [-0.3, -0.25) is 4.79 Å². The van der Waals surface area contributed by atoms with Crippen LogP contribution in [0.4, 0.5) is 0 Å². The molecular formula is C32H40NO6+. The number of quaternary nitrogens is 1. The Kier molecular flexibility index (Phi) is 7.49. The second-order valence-electron chi connectivity index (χ2n) is 11.7. The fourth-order valence-corrected chi connectivity index (χ4v) is 7.73. The van der Waals surface area contributed by atoms with Crippen molar-refractivity contribution in [2.24, 2.45) is 5.92 Å². The predicted molar refractivity (Wildman–Crippen MR) is 144 cm³/mol. The summed E-state index contributed by atoms with van der Waals surface area (Å²) in [4.78, 5) is 27.2. The molecular weight excluding hydrogens is 494 g/mol. The molecule has 1 spiro atoms. The van der Waals surface area contributed by atoms with Crippen LogP contribution in [0.5, 0.6) is 0 Å². The number of esters is 2. The van der Waals surface area contributed by atoms with Crippen LogP contribution in [0.2, 0.25) is 0 Å². The highest BCUT2D eigenvalue weighted by molar-refractivity contribution is 5.86. The molecule has 7 nitrogen and oxygen atoms in total. The standard InChI is InChI=1S/C32H40NO6/c1-23(37-30(34)24-16-19-36-22-24)39-32(25-10-4-2-5-11-25,26-12-6-3-7-13-26)31(35)38-29-20-27-14-15-28(21-29)33(27)17-8-9-18-33/h2-7,10-13,23-24,27-29H,8-9,14-22H2,1H3/q+1/t23?,24-,27?,28?,29?/m0/s1. The van der Waals surface area contributed by atoms with Crippen molar-refractivity contribution in [3.8, 4) is 0 Å². The van der Waals surface area contributed by atoms with E-state index >= 15 is 0 Å². The summed E-state index contributed by atoms with van der Waals surface area (Å²) in [5.41, 5.74) is -0.282. The van der Waals surface area contributed by atoms with Gasteiger partial charge in [-0.25, -0.2) is 4.79 Å². The van der Waals surface area contributed by atoms with Crippen LogP contribution in [0.15, 0.2) is 60.7 Å². The molecule has 4 aliphatic heterocycles. The van der Waals surface area contributed by atoms with Crippen LogP contribution in [0.3, 0.4) is 0 Å². The molecule has 2 bridgehead atoms. The third-order valence-corrected chi connectivity index (χ3v) is 9.57. The van der Waals surface area contributed by atoms with Crippen LogP contribution in [0, 0.1) is 5.92 Å². The van der Waals surface area contributed by atoms with Crippen LogP contribution >= 0.6 is 0 Å². The van der Waals surface area contributed by atoms with Gasteiger partial charge in [0.1, 0.15) is 6.10 Å². The first kappa shape index (κ1) is 26.5. The monoisotopic (exact) mass is 534 g/mol. The summed E-state index contributed by atoms with van der Waals surface area (Å²) in [7, 11) is 0. The molecule has 4 heterocycles. The molecule has 4 saturated heterocycles. The van der Waals surface area contributed by atoms with Crippen molar-refractivity contribution in [3.63, 3.8) is 0 Å². The number of hydrogen-bond acceptors (Lipinski definition) is 6.